The summed E-state index contributed by atoms with van der Waals surface area (Å²) in [5.74, 6) is -0.128. The van der Waals surface area contributed by atoms with Gasteiger partial charge in [-0.05, 0) is 36.4 Å². The van der Waals surface area contributed by atoms with E-state index < -0.39 is 0 Å². The molecule has 21 heavy (non-hydrogen) atoms. The van der Waals surface area contributed by atoms with E-state index in [2.05, 4.69) is 10.3 Å². The number of hydrogen-bond acceptors (Lipinski definition) is 3. The lowest BCUT2D eigenvalue weighted by atomic mass is 10.2. The van der Waals surface area contributed by atoms with Crippen LogP contribution in [0, 0.1) is 0 Å². The lowest BCUT2D eigenvalue weighted by molar-refractivity contribution is 0.102. The van der Waals surface area contributed by atoms with Crippen LogP contribution < -0.4 is 10.2 Å². The molecule has 3 rings (SSSR count). The highest BCUT2D eigenvalue weighted by Crippen LogP contribution is 2.16. The Balaban J connectivity index is 1.78. The molecule has 2 heterocycles. The van der Waals surface area contributed by atoms with Crippen molar-refractivity contribution in [3.05, 3.63) is 60.7 Å². The number of pyridine rings is 1. The summed E-state index contributed by atoms with van der Waals surface area (Å²) in [5, 5.41) is 2.89. The van der Waals surface area contributed by atoms with Crippen LogP contribution in [0.4, 0.5) is 11.4 Å². The lowest BCUT2D eigenvalue weighted by Crippen LogP contribution is -2.12. The number of imidazole rings is 1. The van der Waals surface area contributed by atoms with E-state index in [1.807, 2.05) is 59.9 Å². The van der Waals surface area contributed by atoms with Crippen molar-refractivity contribution in [3.8, 4) is 0 Å². The Morgan fingerprint density at radius 2 is 1.95 bits per heavy atom. The molecule has 0 bridgehead atoms. The quantitative estimate of drug-likeness (QED) is 0.802. The summed E-state index contributed by atoms with van der Waals surface area (Å²) in [7, 11) is 3.96. The average molecular weight is 280 g/mol. The number of benzene rings is 1. The first kappa shape index (κ1) is 13.2. The third-order valence-electron chi connectivity index (χ3n) is 3.32. The average Bonchev–Trinajstić information content (AvgIpc) is 2.95. The molecule has 0 aliphatic heterocycles. The van der Waals surface area contributed by atoms with Crippen LogP contribution in [0.25, 0.3) is 5.52 Å². The minimum Gasteiger partial charge on any atom is -0.378 e. The molecule has 5 heteroatoms. The van der Waals surface area contributed by atoms with Crippen LogP contribution in [0.3, 0.4) is 0 Å². The molecule has 0 unspecified atom stereocenters. The van der Waals surface area contributed by atoms with Gasteiger partial charge in [-0.1, -0.05) is 0 Å². The first-order valence-electron chi connectivity index (χ1n) is 6.64. The number of nitrogens with zero attached hydrogens (tertiary/aromatic N) is 3. The van der Waals surface area contributed by atoms with Gasteiger partial charge in [-0.25, -0.2) is 4.98 Å². The fourth-order valence-corrected chi connectivity index (χ4v) is 2.11. The fraction of sp³-hybridized carbons (Fsp3) is 0.125. The Hall–Kier alpha value is -2.82. The van der Waals surface area contributed by atoms with Crippen molar-refractivity contribution in [2.45, 2.75) is 0 Å². The summed E-state index contributed by atoms with van der Waals surface area (Å²) >= 11 is 0. The molecule has 0 atom stereocenters. The Kier molecular flexibility index (Phi) is 3.31. The standard InChI is InChI=1S/C16H16N4O/c1-19(2)14-5-3-13(4-6-14)18-16(21)12-7-8-20-11-17-10-15(20)9-12/h3-11H,1-2H3,(H,18,21). The molecule has 3 aromatic rings. The van der Waals surface area contributed by atoms with Gasteiger partial charge in [-0.3, -0.25) is 4.79 Å². The summed E-state index contributed by atoms with van der Waals surface area (Å²) in [6, 6.07) is 11.3. The number of nitrogens with one attached hydrogen (secondary N) is 1. The molecule has 0 aliphatic carbocycles. The topological polar surface area (TPSA) is 49.6 Å². The maximum absolute atomic E-state index is 12.2. The number of hydrogen-bond donors (Lipinski definition) is 1. The summed E-state index contributed by atoms with van der Waals surface area (Å²) < 4.78 is 1.86. The zero-order valence-corrected chi connectivity index (χ0v) is 11.9. The Bertz CT molecular complexity index is 774. The van der Waals surface area contributed by atoms with E-state index in [9.17, 15) is 4.79 Å². The summed E-state index contributed by atoms with van der Waals surface area (Å²) in [4.78, 5) is 18.3. The number of fused-ring (bicyclic) bond motifs is 1. The normalized spacial score (nSPS) is 10.6. The zero-order chi connectivity index (χ0) is 14.8. The minimum atomic E-state index is -0.128. The number of carbonyl (C=O) groups excluding carboxylic acids is 1. The van der Waals surface area contributed by atoms with E-state index in [4.69, 9.17) is 0 Å². The van der Waals surface area contributed by atoms with E-state index in [1.54, 1.807) is 18.6 Å². The monoisotopic (exact) mass is 280 g/mol. The van der Waals surface area contributed by atoms with Crippen molar-refractivity contribution in [2.75, 3.05) is 24.3 Å². The second-order valence-corrected chi connectivity index (χ2v) is 5.04. The van der Waals surface area contributed by atoms with Gasteiger partial charge in [0.25, 0.3) is 5.91 Å². The van der Waals surface area contributed by atoms with Gasteiger partial charge >= 0.3 is 0 Å². The summed E-state index contributed by atoms with van der Waals surface area (Å²) in [6.07, 6.45) is 5.26. The van der Waals surface area contributed by atoms with Crippen molar-refractivity contribution in [1.82, 2.24) is 9.38 Å². The van der Waals surface area contributed by atoms with Gasteiger partial charge in [0.1, 0.15) is 0 Å². The Morgan fingerprint density at radius 1 is 1.19 bits per heavy atom. The second-order valence-electron chi connectivity index (χ2n) is 5.04. The molecule has 0 saturated carbocycles. The van der Waals surface area contributed by atoms with E-state index >= 15 is 0 Å². The molecule has 0 saturated heterocycles. The number of rotatable bonds is 3. The molecule has 1 N–H and O–H groups in total. The Labute approximate surface area is 122 Å². The van der Waals surface area contributed by atoms with Crippen LogP contribution in [0.1, 0.15) is 10.4 Å². The van der Waals surface area contributed by atoms with E-state index in [0.717, 1.165) is 16.9 Å². The molecular formula is C16H16N4O. The smallest absolute Gasteiger partial charge is 0.255 e. The maximum Gasteiger partial charge on any atom is 0.255 e. The van der Waals surface area contributed by atoms with E-state index in [0.29, 0.717) is 5.56 Å². The second kappa shape index (κ2) is 5.28. The predicted molar refractivity (Wildman–Crippen MR) is 83.9 cm³/mol. The third kappa shape index (κ3) is 2.72. The van der Waals surface area contributed by atoms with E-state index in [1.165, 1.54) is 0 Å². The van der Waals surface area contributed by atoms with Crippen molar-refractivity contribution >= 4 is 22.8 Å². The third-order valence-corrected chi connectivity index (χ3v) is 3.32. The molecule has 0 aliphatic rings. The number of carbonyl (C=O) groups is 1. The van der Waals surface area contributed by atoms with Crippen molar-refractivity contribution in [1.29, 1.82) is 0 Å². The van der Waals surface area contributed by atoms with Crippen molar-refractivity contribution in [2.24, 2.45) is 0 Å². The number of aromatic nitrogens is 2. The first-order chi connectivity index (χ1) is 10.1. The molecule has 0 fully saturated rings. The lowest BCUT2D eigenvalue weighted by Gasteiger charge is -2.13. The molecule has 0 radical (unpaired) electrons. The molecule has 5 nitrogen and oxygen atoms in total. The molecule has 2 aromatic heterocycles. The highest BCUT2D eigenvalue weighted by atomic mass is 16.1. The highest BCUT2D eigenvalue weighted by molar-refractivity contribution is 6.04. The molecule has 1 aromatic carbocycles. The van der Waals surface area contributed by atoms with Crippen LogP contribution in [-0.2, 0) is 0 Å². The molecular weight excluding hydrogens is 264 g/mol. The molecule has 0 spiro atoms. The number of anilines is 2. The predicted octanol–water partition coefficient (Wildman–Crippen LogP) is 2.65. The van der Waals surface area contributed by atoms with Crippen LogP contribution in [0.2, 0.25) is 0 Å². The zero-order valence-electron chi connectivity index (χ0n) is 11.9. The molecule has 106 valence electrons. The van der Waals surface area contributed by atoms with Gasteiger partial charge in [0.05, 0.1) is 18.0 Å². The summed E-state index contributed by atoms with van der Waals surface area (Å²) in [6.45, 7) is 0. The molecule has 1 amide bonds. The van der Waals surface area contributed by atoms with Crippen LogP contribution >= 0.6 is 0 Å². The van der Waals surface area contributed by atoms with Gasteiger partial charge < -0.3 is 14.6 Å². The van der Waals surface area contributed by atoms with Gasteiger partial charge in [-0.2, -0.15) is 0 Å². The minimum absolute atomic E-state index is 0.128. The fourth-order valence-electron chi connectivity index (χ4n) is 2.11. The van der Waals surface area contributed by atoms with Crippen molar-refractivity contribution < 1.29 is 4.79 Å². The van der Waals surface area contributed by atoms with Gasteiger partial charge in [-0.15, -0.1) is 0 Å². The first-order valence-corrected chi connectivity index (χ1v) is 6.64. The van der Waals surface area contributed by atoms with Gasteiger partial charge in [0.15, 0.2) is 0 Å². The van der Waals surface area contributed by atoms with Crippen LogP contribution in [0.5, 0.6) is 0 Å². The summed E-state index contributed by atoms with van der Waals surface area (Å²) in [5.41, 5.74) is 3.37. The van der Waals surface area contributed by atoms with Crippen molar-refractivity contribution in [3.63, 3.8) is 0 Å². The SMILES string of the molecule is CN(C)c1ccc(NC(=O)c2ccn3cncc3c2)cc1. The van der Waals surface area contributed by atoms with Crippen LogP contribution in [-0.4, -0.2) is 29.4 Å². The Morgan fingerprint density at radius 3 is 2.67 bits per heavy atom. The van der Waals surface area contributed by atoms with E-state index in [-0.39, 0.29) is 5.91 Å². The largest absolute Gasteiger partial charge is 0.378 e. The van der Waals surface area contributed by atoms with Crippen LogP contribution in [0.15, 0.2) is 55.1 Å². The number of amides is 1. The van der Waals surface area contributed by atoms with Gasteiger partial charge in [0.2, 0.25) is 0 Å². The van der Waals surface area contributed by atoms with Gasteiger partial charge in [0, 0.05) is 37.2 Å². The maximum atomic E-state index is 12.2. The highest BCUT2D eigenvalue weighted by Gasteiger charge is 2.07.